The summed E-state index contributed by atoms with van der Waals surface area (Å²) in [5.41, 5.74) is 5.38. The molecule has 1 fully saturated rings. The van der Waals surface area contributed by atoms with Gasteiger partial charge in [-0.05, 0) is 50.6 Å². The number of nitrogens with zero attached hydrogens (tertiary/aromatic N) is 2. The Morgan fingerprint density at radius 1 is 1.18 bits per heavy atom. The van der Waals surface area contributed by atoms with Crippen molar-refractivity contribution in [3.8, 4) is 5.69 Å². The predicted molar refractivity (Wildman–Crippen MR) is 107 cm³/mol. The SMILES string of the molecule is Cc1ccc(-n2c(C)cc(/C=C/C(=O)NCCN3C(=O)CNC3=O)c2C)cc1. The molecule has 1 aromatic carbocycles. The zero-order chi connectivity index (χ0) is 20.3. The van der Waals surface area contributed by atoms with Crippen molar-refractivity contribution in [2.45, 2.75) is 20.8 Å². The number of hydrogen-bond donors (Lipinski definition) is 2. The van der Waals surface area contributed by atoms with Gasteiger partial charge < -0.3 is 15.2 Å². The minimum Gasteiger partial charge on any atom is -0.351 e. The van der Waals surface area contributed by atoms with Crippen LogP contribution in [0.25, 0.3) is 11.8 Å². The normalized spacial score (nSPS) is 14.0. The fraction of sp³-hybridized carbons (Fsp3) is 0.286. The number of amides is 4. The first-order valence-corrected chi connectivity index (χ1v) is 9.17. The van der Waals surface area contributed by atoms with Crippen LogP contribution in [0.2, 0.25) is 0 Å². The summed E-state index contributed by atoms with van der Waals surface area (Å²) in [7, 11) is 0. The standard InChI is InChI=1S/C21H24N4O3/c1-14-4-7-18(8-5-14)25-15(2)12-17(16(25)3)6-9-19(26)22-10-11-24-20(27)13-23-21(24)28/h4-9,12H,10-11,13H2,1-3H3,(H,22,26)(H,23,28)/b9-6+. The van der Waals surface area contributed by atoms with E-state index in [1.807, 2.05) is 19.9 Å². The van der Waals surface area contributed by atoms with Gasteiger partial charge >= 0.3 is 6.03 Å². The predicted octanol–water partition coefficient (Wildman–Crippen LogP) is 2.08. The maximum absolute atomic E-state index is 12.1. The molecule has 0 atom stereocenters. The molecule has 3 rings (SSSR count). The lowest BCUT2D eigenvalue weighted by atomic mass is 10.2. The molecule has 7 nitrogen and oxygen atoms in total. The highest BCUT2D eigenvalue weighted by Crippen LogP contribution is 2.22. The highest BCUT2D eigenvalue weighted by Gasteiger charge is 2.27. The number of aryl methyl sites for hydroxylation is 2. The van der Waals surface area contributed by atoms with Gasteiger partial charge in [0.2, 0.25) is 11.8 Å². The lowest BCUT2D eigenvalue weighted by Gasteiger charge is -2.11. The van der Waals surface area contributed by atoms with Gasteiger partial charge in [-0.3, -0.25) is 14.5 Å². The van der Waals surface area contributed by atoms with Gasteiger partial charge in [0, 0.05) is 36.2 Å². The van der Waals surface area contributed by atoms with E-state index < -0.39 is 6.03 Å². The lowest BCUT2D eigenvalue weighted by molar-refractivity contribution is -0.125. The number of imide groups is 1. The average Bonchev–Trinajstić information content (AvgIpc) is 3.13. The number of nitrogens with one attached hydrogen (secondary N) is 2. The van der Waals surface area contributed by atoms with Crippen LogP contribution in [0.4, 0.5) is 4.79 Å². The van der Waals surface area contributed by atoms with Crippen molar-refractivity contribution in [2.24, 2.45) is 0 Å². The van der Waals surface area contributed by atoms with Crippen LogP contribution in [0, 0.1) is 20.8 Å². The molecular weight excluding hydrogens is 356 g/mol. The van der Waals surface area contributed by atoms with E-state index in [1.54, 1.807) is 6.08 Å². The van der Waals surface area contributed by atoms with E-state index in [-0.39, 0.29) is 31.4 Å². The minimum atomic E-state index is -0.418. The molecule has 0 saturated carbocycles. The molecule has 0 bridgehead atoms. The third-order valence-electron chi connectivity index (χ3n) is 4.75. The van der Waals surface area contributed by atoms with Crippen LogP contribution in [-0.4, -0.2) is 46.9 Å². The Hall–Kier alpha value is -3.35. The highest BCUT2D eigenvalue weighted by atomic mass is 16.2. The van der Waals surface area contributed by atoms with Crippen LogP contribution in [0.5, 0.6) is 0 Å². The number of aromatic nitrogens is 1. The van der Waals surface area contributed by atoms with E-state index in [1.165, 1.54) is 11.6 Å². The van der Waals surface area contributed by atoms with Crippen LogP contribution < -0.4 is 10.6 Å². The average molecular weight is 380 g/mol. The lowest BCUT2D eigenvalue weighted by Crippen LogP contribution is -2.38. The van der Waals surface area contributed by atoms with Crippen LogP contribution in [0.15, 0.2) is 36.4 Å². The molecule has 0 spiro atoms. The third kappa shape index (κ3) is 4.14. The van der Waals surface area contributed by atoms with E-state index in [2.05, 4.69) is 46.4 Å². The summed E-state index contributed by atoms with van der Waals surface area (Å²) in [5.74, 6) is -0.550. The summed E-state index contributed by atoms with van der Waals surface area (Å²) in [6.07, 6.45) is 3.24. The second-order valence-electron chi connectivity index (χ2n) is 6.83. The van der Waals surface area contributed by atoms with Crippen molar-refractivity contribution in [3.05, 3.63) is 58.9 Å². The molecule has 4 amide bonds. The molecule has 146 valence electrons. The number of rotatable bonds is 6. The topological polar surface area (TPSA) is 83.4 Å². The fourth-order valence-electron chi connectivity index (χ4n) is 3.24. The van der Waals surface area contributed by atoms with Crippen molar-refractivity contribution in [1.29, 1.82) is 0 Å². The summed E-state index contributed by atoms with van der Waals surface area (Å²) in [4.78, 5) is 36.1. The Balaban J connectivity index is 1.61. The van der Waals surface area contributed by atoms with Gasteiger partial charge in [-0.15, -0.1) is 0 Å². The maximum atomic E-state index is 12.1. The number of hydrogen-bond acceptors (Lipinski definition) is 3. The number of carbonyl (C=O) groups is 3. The van der Waals surface area contributed by atoms with Gasteiger partial charge in [-0.2, -0.15) is 0 Å². The van der Waals surface area contributed by atoms with Crippen LogP contribution in [0.1, 0.15) is 22.5 Å². The first kappa shape index (κ1) is 19.4. The van der Waals surface area contributed by atoms with E-state index in [9.17, 15) is 14.4 Å². The van der Waals surface area contributed by atoms with Crippen molar-refractivity contribution in [2.75, 3.05) is 19.6 Å². The Kier molecular flexibility index (Phi) is 5.63. The van der Waals surface area contributed by atoms with Gasteiger partial charge in [0.1, 0.15) is 0 Å². The van der Waals surface area contributed by atoms with Gasteiger partial charge in [0.05, 0.1) is 6.54 Å². The van der Waals surface area contributed by atoms with Crippen LogP contribution in [0.3, 0.4) is 0 Å². The fourth-order valence-corrected chi connectivity index (χ4v) is 3.24. The van der Waals surface area contributed by atoms with Crippen LogP contribution in [-0.2, 0) is 9.59 Å². The number of urea groups is 1. The molecule has 2 heterocycles. The quantitative estimate of drug-likeness (QED) is 0.595. The summed E-state index contributed by atoms with van der Waals surface area (Å²) in [6.45, 7) is 6.49. The molecule has 1 saturated heterocycles. The monoisotopic (exact) mass is 380 g/mol. The molecule has 7 heteroatoms. The van der Waals surface area contributed by atoms with Gasteiger partial charge in [-0.25, -0.2) is 4.79 Å². The largest absolute Gasteiger partial charge is 0.351 e. The molecule has 2 N–H and O–H groups in total. The van der Waals surface area contributed by atoms with E-state index >= 15 is 0 Å². The van der Waals surface area contributed by atoms with Crippen molar-refractivity contribution in [1.82, 2.24) is 20.1 Å². The zero-order valence-corrected chi connectivity index (χ0v) is 16.3. The highest BCUT2D eigenvalue weighted by molar-refractivity contribution is 6.02. The Labute approximate surface area is 164 Å². The Bertz CT molecular complexity index is 925. The molecule has 2 aromatic rings. The molecule has 1 aliphatic heterocycles. The van der Waals surface area contributed by atoms with Crippen LogP contribution >= 0.6 is 0 Å². The maximum Gasteiger partial charge on any atom is 0.324 e. The third-order valence-corrected chi connectivity index (χ3v) is 4.75. The molecule has 28 heavy (non-hydrogen) atoms. The minimum absolute atomic E-state index is 0.0171. The second-order valence-corrected chi connectivity index (χ2v) is 6.83. The molecule has 1 aliphatic rings. The second kappa shape index (κ2) is 8.12. The van der Waals surface area contributed by atoms with Gasteiger partial charge in [0.25, 0.3) is 0 Å². The molecule has 1 aromatic heterocycles. The smallest absolute Gasteiger partial charge is 0.324 e. The molecular formula is C21H24N4O3. The van der Waals surface area contributed by atoms with E-state index in [0.717, 1.165) is 27.5 Å². The van der Waals surface area contributed by atoms with E-state index in [4.69, 9.17) is 0 Å². The molecule has 0 radical (unpaired) electrons. The summed E-state index contributed by atoms with van der Waals surface area (Å²) in [5, 5.41) is 5.14. The van der Waals surface area contributed by atoms with Crippen molar-refractivity contribution < 1.29 is 14.4 Å². The zero-order valence-electron chi connectivity index (χ0n) is 16.3. The van der Waals surface area contributed by atoms with Crippen molar-refractivity contribution in [3.63, 3.8) is 0 Å². The summed E-state index contributed by atoms with van der Waals surface area (Å²) >= 11 is 0. The molecule has 0 aliphatic carbocycles. The van der Waals surface area contributed by atoms with Crippen molar-refractivity contribution >= 4 is 23.9 Å². The van der Waals surface area contributed by atoms with Gasteiger partial charge in [-0.1, -0.05) is 17.7 Å². The van der Waals surface area contributed by atoms with Gasteiger partial charge in [0.15, 0.2) is 0 Å². The Morgan fingerprint density at radius 3 is 2.54 bits per heavy atom. The van der Waals surface area contributed by atoms with E-state index in [0.29, 0.717) is 0 Å². The Morgan fingerprint density at radius 2 is 1.89 bits per heavy atom. The summed E-state index contributed by atoms with van der Waals surface area (Å²) < 4.78 is 2.15. The summed E-state index contributed by atoms with van der Waals surface area (Å²) in [6, 6.07) is 9.91. The molecule has 0 unspecified atom stereocenters. The number of carbonyl (C=O) groups excluding carboxylic acids is 3. The first-order valence-electron chi connectivity index (χ1n) is 9.17. The first-order chi connectivity index (χ1) is 13.4. The number of benzene rings is 1.